The predicted octanol–water partition coefficient (Wildman–Crippen LogP) is 4.19. The summed E-state index contributed by atoms with van der Waals surface area (Å²) in [6.07, 6.45) is 3.56. The van der Waals surface area contributed by atoms with Crippen LogP contribution in [0.2, 0.25) is 0 Å². The lowest BCUT2D eigenvalue weighted by molar-refractivity contribution is 0.145. The van der Waals surface area contributed by atoms with E-state index in [1.54, 1.807) is 7.11 Å². The van der Waals surface area contributed by atoms with E-state index in [4.69, 9.17) is 9.47 Å². The van der Waals surface area contributed by atoms with E-state index in [-0.39, 0.29) is 0 Å². The number of rotatable bonds is 11. The van der Waals surface area contributed by atoms with Crippen LogP contribution in [0.4, 0.5) is 0 Å². The van der Waals surface area contributed by atoms with E-state index in [9.17, 15) is 0 Å². The molecule has 0 saturated heterocycles. The second-order valence-electron chi connectivity index (χ2n) is 5.58. The Labute approximate surface area is 130 Å². The Balaban J connectivity index is 2.88. The van der Waals surface area contributed by atoms with Gasteiger partial charge in [-0.25, -0.2) is 0 Å². The first-order valence-corrected chi connectivity index (χ1v) is 8.18. The lowest BCUT2D eigenvalue weighted by Gasteiger charge is -2.27. The van der Waals surface area contributed by atoms with Gasteiger partial charge in [-0.05, 0) is 31.4 Å². The summed E-state index contributed by atoms with van der Waals surface area (Å²) in [6.45, 7) is 9.01. The second-order valence-corrected chi connectivity index (χ2v) is 5.58. The maximum Gasteiger partial charge on any atom is 0.124 e. The third-order valence-electron chi connectivity index (χ3n) is 3.73. The van der Waals surface area contributed by atoms with Crippen molar-refractivity contribution in [2.75, 3.05) is 26.9 Å². The molecule has 0 bridgehead atoms. The summed E-state index contributed by atoms with van der Waals surface area (Å²) in [5.41, 5.74) is 1.27. The fourth-order valence-electron chi connectivity index (χ4n) is 2.64. The molecule has 0 aromatic heterocycles. The molecule has 21 heavy (non-hydrogen) atoms. The fraction of sp³-hybridized carbons (Fsp3) is 0.667. The highest BCUT2D eigenvalue weighted by atomic mass is 16.5. The van der Waals surface area contributed by atoms with Crippen LogP contribution in [-0.2, 0) is 4.74 Å². The molecule has 1 aromatic carbocycles. The van der Waals surface area contributed by atoms with E-state index in [1.165, 1.54) is 18.4 Å². The summed E-state index contributed by atoms with van der Waals surface area (Å²) in [5, 5.41) is 3.69. The summed E-state index contributed by atoms with van der Waals surface area (Å²) in [5.74, 6) is 1.57. The monoisotopic (exact) mass is 293 g/mol. The van der Waals surface area contributed by atoms with Crippen molar-refractivity contribution in [1.29, 1.82) is 0 Å². The summed E-state index contributed by atoms with van der Waals surface area (Å²) in [4.78, 5) is 0. The van der Waals surface area contributed by atoms with Crippen LogP contribution in [0.15, 0.2) is 24.3 Å². The van der Waals surface area contributed by atoms with E-state index >= 15 is 0 Å². The zero-order chi connectivity index (χ0) is 15.5. The second kappa shape index (κ2) is 10.6. The SMILES string of the molecule is CCCNC(c1ccccc1OCCOC)C(C)CCC. The number of ether oxygens (including phenoxy) is 2. The normalized spacial score (nSPS) is 13.9. The number of hydrogen-bond acceptors (Lipinski definition) is 3. The molecule has 1 aromatic rings. The zero-order valence-electron chi connectivity index (χ0n) is 14.0. The van der Waals surface area contributed by atoms with Gasteiger partial charge >= 0.3 is 0 Å². The number of benzene rings is 1. The molecule has 2 unspecified atom stereocenters. The zero-order valence-corrected chi connectivity index (χ0v) is 14.0. The molecule has 1 N–H and O–H groups in total. The maximum atomic E-state index is 5.90. The van der Waals surface area contributed by atoms with Gasteiger partial charge in [-0.2, -0.15) is 0 Å². The largest absolute Gasteiger partial charge is 0.491 e. The van der Waals surface area contributed by atoms with Crippen molar-refractivity contribution < 1.29 is 9.47 Å². The molecule has 0 radical (unpaired) electrons. The van der Waals surface area contributed by atoms with Crippen molar-refractivity contribution in [3.63, 3.8) is 0 Å². The number of hydrogen-bond donors (Lipinski definition) is 1. The van der Waals surface area contributed by atoms with E-state index < -0.39 is 0 Å². The quantitative estimate of drug-likeness (QED) is 0.621. The molecule has 3 nitrogen and oxygen atoms in total. The van der Waals surface area contributed by atoms with Crippen molar-refractivity contribution in [2.24, 2.45) is 5.92 Å². The molecule has 1 rings (SSSR count). The van der Waals surface area contributed by atoms with E-state index in [0.29, 0.717) is 25.2 Å². The summed E-state index contributed by atoms with van der Waals surface area (Å²) < 4.78 is 11.0. The number of para-hydroxylation sites is 1. The summed E-state index contributed by atoms with van der Waals surface area (Å²) in [6, 6.07) is 8.72. The Bertz CT molecular complexity index is 381. The lowest BCUT2D eigenvalue weighted by atomic mass is 9.90. The molecule has 0 saturated carbocycles. The maximum absolute atomic E-state index is 5.90. The Hall–Kier alpha value is -1.06. The van der Waals surface area contributed by atoms with Crippen LogP contribution < -0.4 is 10.1 Å². The molecule has 3 heteroatoms. The molecule has 2 atom stereocenters. The van der Waals surface area contributed by atoms with Crippen molar-refractivity contribution in [2.45, 2.75) is 46.1 Å². The first-order valence-electron chi connectivity index (χ1n) is 8.18. The van der Waals surface area contributed by atoms with Crippen molar-refractivity contribution in [3.8, 4) is 5.75 Å². The van der Waals surface area contributed by atoms with Crippen LogP contribution in [0.3, 0.4) is 0 Å². The van der Waals surface area contributed by atoms with E-state index in [2.05, 4.69) is 44.3 Å². The van der Waals surface area contributed by atoms with Gasteiger partial charge in [0.25, 0.3) is 0 Å². The molecular formula is C18H31NO2. The molecular weight excluding hydrogens is 262 g/mol. The van der Waals surface area contributed by atoms with Crippen LogP contribution in [0, 0.1) is 5.92 Å². The van der Waals surface area contributed by atoms with Crippen LogP contribution in [0.25, 0.3) is 0 Å². The number of nitrogens with one attached hydrogen (secondary N) is 1. The Morgan fingerprint density at radius 1 is 1.10 bits per heavy atom. The third-order valence-corrected chi connectivity index (χ3v) is 3.73. The Morgan fingerprint density at radius 2 is 1.86 bits per heavy atom. The summed E-state index contributed by atoms with van der Waals surface area (Å²) in [7, 11) is 1.70. The van der Waals surface area contributed by atoms with Gasteiger partial charge < -0.3 is 14.8 Å². The molecule has 120 valence electrons. The third kappa shape index (κ3) is 6.06. The van der Waals surface area contributed by atoms with Gasteiger partial charge in [0, 0.05) is 18.7 Å². The first kappa shape index (κ1) is 18.0. The van der Waals surface area contributed by atoms with Crippen LogP contribution in [0.1, 0.15) is 51.6 Å². The minimum absolute atomic E-state index is 0.351. The van der Waals surface area contributed by atoms with Gasteiger partial charge in [-0.1, -0.05) is 45.4 Å². The topological polar surface area (TPSA) is 30.5 Å². The van der Waals surface area contributed by atoms with Gasteiger partial charge in [-0.3, -0.25) is 0 Å². The smallest absolute Gasteiger partial charge is 0.124 e. The highest BCUT2D eigenvalue weighted by Gasteiger charge is 2.21. The predicted molar refractivity (Wildman–Crippen MR) is 88.9 cm³/mol. The van der Waals surface area contributed by atoms with Gasteiger partial charge in [0.1, 0.15) is 12.4 Å². The van der Waals surface area contributed by atoms with Gasteiger partial charge in [0.2, 0.25) is 0 Å². The molecule has 0 aliphatic carbocycles. The minimum Gasteiger partial charge on any atom is -0.491 e. The highest BCUT2D eigenvalue weighted by Crippen LogP contribution is 2.32. The highest BCUT2D eigenvalue weighted by molar-refractivity contribution is 5.36. The van der Waals surface area contributed by atoms with Crippen LogP contribution in [-0.4, -0.2) is 26.9 Å². The van der Waals surface area contributed by atoms with Crippen molar-refractivity contribution in [1.82, 2.24) is 5.32 Å². The van der Waals surface area contributed by atoms with Crippen LogP contribution >= 0.6 is 0 Å². The van der Waals surface area contributed by atoms with Gasteiger partial charge in [-0.15, -0.1) is 0 Å². The summed E-state index contributed by atoms with van der Waals surface area (Å²) >= 11 is 0. The van der Waals surface area contributed by atoms with Gasteiger partial charge in [0.15, 0.2) is 0 Å². The fourth-order valence-corrected chi connectivity index (χ4v) is 2.64. The molecule has 0 aliphatic rings. The Morgan fingerprint density at radius 3 is 2.52 bits per heavy atom. The molecule has 0 spiro atoms. The minimum atomic E-state index is 0.351. The standard InChI is InChI=1S/C18H31NO2/c1-5-9-15(3)18(19-12-6-2)16-10-7-8-11-17(16)21-14-13-20-4/h7-8,10-11,15,18-19H,5-6,9,12-14H2,1-4H3. The average Bonchev–Trinajstić information content (AvgIpc) is 2.49. The van der Waals surface area contributed by atoms with Crippen molar-refractivity contribution >= 4 is 0 Å². The number of methoxy groups -OCH3 is 1. The molecule has 0 heterocycles. The average molecular weight is 293 g/mol. The van der Waals surface area contributed by atoms with Gasteiger partial charge in [0.05, 0.1) is 6.61 Å². The van der Waals surface area contributed by atoms with Crippen molar-refractivity contribution in [3.05, 3.63) is 29.8 Å². The van der Waals surface area contributed by atoms with E-state index in [1.807, 2.05) is 6.07 Å². The van der Waals surface area contributed by atoms with E-state index in [0.717, 1.165) is 18.7 Å². The Kier molecular flexibility index (Phi) is 9.11. The lowest BCUT2D eigenvalue weighted by Crippen LogP contribution is -2.28. The molecule has 0 amide bonds. The molecule has 0 aliphatic heterocycles. The first-order chi connectivity index (χ1) is 10.2. The van der Waals surface area contributed by atoms with Crippen LogP contribution in [0.5, 0.6) is 5.75 Å². The molecule has 0 fully saturated rings.